The summed E-state index contributed by atoms with van der Waals surface area (Å²) in [6.07, 6.45) is 3.34. The first kappa shape index (κ1) is 16.3. The molecule has 0 aliphatic carbocycles. The Morgan fingerprint density at radius 1 is 1.29 bits per heavy atom. The summed E-state index contributed by atoms with van der Waals surface area (Å²) in [5.41, 5.74) is 3.96. The summed E-state index contributed by atoms with van der Waals surface area (Å²) < 4.78 is 5.50. The summed E-state index contributed by atoms with van der Waals surface area (Å²) in [7, 11) is 1.63. The maximum Gasteiger partial charge on any atom is 0.227 e. The number of aromatic nitrogens is 1. The van der Waals surface area contributed by atoms with E-state index < -0.39 is 0 Å². The number of ether oxygens (including phenoxy) is 1. The molecule has 0 radical (unpaired) electrons. The van der Waals surface area contributed by atoms with Crippen LogP contribution in [-0.2, 0) is 4.79 Å². The molecule has 0 bridgehead atoms. The SMILES string of the molecule is COc1cc(NC(C)c2cc(C)ccn2)ccc1N1CCCC1=O. The molecule has 2 heterocycles. The zero-order valence-electron chi connectivity index (χ0n) is 14.4. The molecule has 1 fully saturated rings. The third kappa shape index (κ3) is 3.35. The van der Waals surface area contributed by atoms with Gasteiger partial charge in [0.05, 0.1) is 24.5 Å². The van der Waals surface area contributed by atoms with Crippen molar-refractivity contribution in [1.82, 2.24) is 4.98 Å². The van der Waals surface area contributed by atoms with Gasteiger partial charge < -0.3 is 15.0 Å². The summed E-state index contributed by atoms with van der Waals surface area (Å²) >= 11 is 0. The zero-order chi connectivity index (χ0) is 17.1. The molecule has 1 unspecified atom stereocenters. The number of hydrogen-bond donors (Lipinski definition) is 1. The van der Waals surface area contributed by atoms with Gasteiger partial charge in [0.2, 0.25) is 5.91 Å². The second-order valence-corrected chi connectivity index (χ2v) is 6.16. The summed E-state index contributed by atoms with van der Waals surface area (Å²) in [4.78, 5) is 18.2. The van der Waals surface area contributed by atoms with Crippen molar-refractivity contribution in [2.24, 2.45) is 0 Å². The van der Waals surface area contributed by atoms with Gasteiger partial charge in [-0.25, -0.2) is 0 Å². The van der Waals surface area contributed by atoms with Crippen LogP contribution < -0.4 is 15.0 Å². The monoisotopic (exact) mass is 325 g/mol. The maximum atomic E-state index is 12.0. The molecule has 0 spiro atoms. The molecule has 1 aliphatic heterocycles. The van der Waals surface area contributed by atoms with Crippen LogP contribution in [0.2, 0.25) is 0 Å². The lowest BCUT2D eigenvalue weighted by atomic mass is 10.1. The van der Waals surface area contributed by atoms with E-state index in [4.69, 9.17) is 4.74 Å². The highest BCUT2D eigenvalue weighted by molar-refractivity contribution is 5.97. The Balaban J connectivity index is 1.80. The van der Waals surface area contributed by atoms with Crippen LogP contribution in [0, 0.1) is 6.92 Å². The molecule has 1 atom stereocenters. The number of carbonyl (C=O) groups is 1. The number of anilines is 2. The van der Waals surface area contributed by atoms with Crippen LogP contribution in [0.25, 0.3) is 0 Å². The van der Waals surface area contributed by atoms with Crippen molar-refractivity contribution in [1.29, 1.82) is 0 Å². The standard InChI is InChI=1S/C19H23N3O2/c1-13-8-9-20-16(11-13)14(2)21-15-6-7-17(18(12-15)24-3)22-10-4-5-19(22)23/h6-9,11-12,14,21H,4-5,10H2,1-3H3. The first-order valence-electron chi connectivity index (χ1n) is 8.26. The van der Waals surface area contributed by atoms with Crippen LogP contribution in [0.3, 0.4) is 0 Å². The molecule has 5 heteroatoms. The molecule has 1 amide bonds. The molecule has 3 rings (SSSR count). The number of amides is 1. The fourth-order valence-corrected chi connectivity index (χ4v) is 3.01. The fourth-order valence-electron chi connectivity index (χ4n) is 3.01. The molecule has 126 valence electrons. The number of nitrogens with zero attached hydrogens (tertiary/aromatic N) is 2. The lowest BCUT2D eigenvalue weighted by Gasteiger charge is -2.21. The van der Waals surface area contributed by atoms with Crippen molar-refractivity contribution in [3.05, 3.63) is 47.8 Å². The number of nitrogens with one attached hydrogen (secondary N) is 1. The van der Waals surface area contributed by atoms with Crippen molar-refractivity contribution in [3.63, 3.8) is 0 Å². The molecule has 1 saturated heterocycles. The van der Waals surface area contributed by atoms with Gasteiger partial charge in [-0.1, -0.05) is 0 Å². The van der Waals surface area contributed by atoms with Gasteiger partial charge >= 0.3 is 0 Å². The van der Waals surface area contributed by atoms with E-state index in [9.17, 15) is 4.79 Å². The molecule has 0 saturated carbocycles. The van der Waals surface area contributed by atoms with Crippen LogP contribution in [-0.4, -0.2) is 24.5 Å². The summed E-state index contributed by atoms with van der Waals surface area (Å²) in [5.74, 6) is 0.867. The van der Waals surface area contributed by atoms with E-state index in [-0.39, 0.29) is 11.9 Å². The minimum atomic E-state index is 0.0777. The Kier molecular flexibility index (Phi) is 4.69. The molecular weight excluding hydrogens is 302 g/mol. The first-order chi connectivity index (χ1) is 11.6. The Morgan fingerprint density at radius 3 is 2.79 bits per heavy atom. The second kappa shape index (κ2) is 6.91. The number of rotatable bonds is 5. The summed E-state index contributed by atoms with van der Waals surface area (Å²) in [6, 6.07) is 10.0. The van der Waals surface area contributed by atoms with Gasteiger partial charge in [0.15, 0.2) is 0 Å². The van der Waals surface area contributed by atoms with Gasteiger partial charge in [-0.3, -0.25) is 9.78 Å². The number of methoxy groups -OCH3 is 1. The minimum absolute atomic E-state index is 0.0777. The van der Waals surface area contributed by atoms with Crippen molar-refractivity contribution in [3.8, 4) is 5.75 Å². The number of benzene rings is 1. The minimum Gasteiger partial charge on any atom is -0.494 e. The quantitative estimate of drug-likeness (QED) is 0.911. The van der Waals surface area contributed by atoms with Crippen LogP contribution in [0.1, 0.15) is 37.1 Å². The zero-order valence-corrected chi connectivity index (χ0v) is 14.4. The molecule has 1 aromatic carbocycles. The van der Waals surface area contributed by atoms with Crippen LogP contribution >= 0.6 is 0 Å². The fraction of sp³-hybridized carbons (Fsp3) is 0.368. The predicted octanol–water partition coefficient (Wildman–Crippen LogP) is 3.70. The first-order valence-corrected chi connectivity index (χ1v) is 8.26. The van der Waals surface area contributed by atoms with E-state index in [1.165, 1.54) is 5.56 Å². The second-order valence-electron chi connectivity index (χ2n) is 6.16. The summed E-state index contributed by atoms with van der Waals surface area (Å²) in [5, 5.41) is 3.44. The molecule has 1 N–H and O–H groups in total. The van der Waals surface area contributed by atoms with Gasteiger partial charge in [-0.2, -0.15) is 0 Å². The number of pyridine rings is 1. The third-order valence-corrected chi connectivity index (χ3v) is 4.31. The largest absolute Gasteiger partial charge is 0.494 e. The predicted molar refractivity (Wildman–Crippen MR) is 95.6 cm³/mol. The normalized spacial score (nSPS) is 15.5. The van der Waals surface area contributed by atoms with E-state index >= 15 is 0 Å². The lowest BCUT2D eigenvalue weighted by molar-refractivity contribution is -0.117. The third-order valence-electron chi connectivity index (χ3n) is 4.31. The van der Waals surface area contributed by atoms with Crippen molar-refractivity contribution in [2.75, 3.05) is 23.9 Å². The highest BCUT2D eigenvalue weighted by Crippen LogP contribution is 2.34. The van der Waals surface area contributed by atoms with Gasteiger partial charge in [0, 0.05) is 30.9 Å². The van der Waals surface area contributed by atoms with Crippen molar-refractivity contribution < 1.29 is 9.53 Å². The highest BCUT2D eigenvalue weighted by Gasteiger charge is 2.24. The summed E-state index contributed by atoms with van der Waals surface area (Å²) in [6.45, 7) is 4.89. The molecule has 2 aromatic rings. The van der Waals surface area contributed by atoms with E-state index in [2.05, 4.69) is 30.2 Å². The topological polar surface area (TPSA) is 54.5 Å². The van der Waals surface area contributed by atoms with Gasteiger partial charge in [-0.15, -0.1) is 0 Å². The number of hydrogen-bond acceptors (Lipinski definition) is 4. The van der Waals surface area contributed by atoms with E-state index in [1.54, 1.807) is 12.0 Å². The van der Waals surface area contributed by atoms with E-state index in [0.29, 0.717) is 12.2 Å². The Hall–Kier alpha value is -2.56. The van der Waals surface area contributed by atoms with E-state index in [0.717, 1.165) is 30.0 Å². The Bertz CT molecular complexity index is 745. The van der Waals surface area contributed by atoms with Gasteiger partial charge in [-0.05, 0) is 50.1 Å². The van der Waals surface area contributed by atoms with Crippen LogP contribution in [0.5, 0.6) is 5.75 Å². The maximum absolute atomic E-state index is 12.0. The average molecular weight is 325 g/mol. The van der Waals surface area contributed by atoms with Crippen LogP contribution in [0.15, 0.2) is 36.5 Å². The molecule has 5 nitrogen and oxygen atoms in total. The Labute approximate surface area is 142 Å². The highest BCUT2D eigenvalue weighted by atomic mass is 16.5. The Morgan fingerprint density at radius 2 is 2.12 bits per heavy atom. The van der Waals surface area contributed by atoms with Crippen molar-refractivity contribution >= 4 is 17.3 Å². The van der Waals surface area contributed by atoms with Gasteiger partial charge in [0.1, 0.15) is 5.75 Å². The van der Waals surface area contributed by atoms with E-state index in [1.807, 2.05) is 30.5 Å². The van der Waals surface area contributed by atoms with Crippen LogP contribution in [0.4, 0.5) is 11.4 Å². The van der Waals surface area contributed by atoms with Gasteiger partial charge in [0.25, 0.3) is 0 Å². The molecule has 1 aliphatic rings. The number of aryl methyl sites for hydroxylation is 1. The molecule has 1 aromatic heterocycles. The number of carbonyl (C=O) groups excluding carboxylic acids is 1. The molecular formula is C19H23N3O2. The molecule has 24 heavy (non-hydrogen) atoms. The lowest BCUT2D eigenvalue weighted by Crippen LogP contribution is -2.24. The van der Waals surface area contributed by atoms with Crippen molar-refractivity contribution in [2.45, 2.75) is 32.7 Å². The smallest absolute Gasteiger partial charge is 0.227 e. The average Bonchev–Trinajstić information content (AvgIpc) is 3.00.